The van der Waals surface area contributed by atoms with E-state index in [4.69, 9.17) is 0 Å². The first-order chi connectivity index (χ1) is 9.65. The Morgan fingerprint density at radius 3 is 2.80 bits per heavy atom. The summed E-state index contributed by atoms with van der Waals surface area (Å²) < 4.78 is 0. The molecule has 0 bridgehead atoms. The minimum Gasteiger partial charge on any atom is -0.347 e. The zero-order chi connectivity index (χ0) is 14.5. The van der Waals surface area contributed by atoms with Crippen LogP contribution in [0.15, 0.2) is 18.5 Å². The second-order valence-corrected chi connectivity index (χ2v) is 4.61. The summed E-state index contributed by atoms with van der Waals surface area (Å²) in [6.45, 7) is 5.79. The van der Waals surface area contributed by atoms with Crippen LogP contribution in [-0.4, -0.2) is 26.1 Å². The van der Waals surface area contributed by atoms with E-state index in [1.54, 1.807) is 18.5 Å². The number of aryl methyl sites for hydroxylation is 2. The summed E-state index contributed by atoms with van der Waals surface area (Å²) in [5.74, 6) is 0.626. The lowest BCUT2D eigenvalue weighted by Crippen LogP contribution is -2.30. The second-order valence-electron chi connectivity index (χ2n) is 4.61. The van der Waals surface area contributed by atoms with E-state index in [-0.39, 0.29) is 11.9 Å². The van der Waals surface area contributed by atoms with Crippen molar-refractivity contribution in [2.75, 3.05) is 0 Å². The molecule has 106 valence electrons. The van der Waals surface area contributed by atoms with Gasteiger partial charge in [0.05, 0.1) is 23.0 Å². The van der Waals surface area contributed by atoms with E-state index in [0.717, 1.165) is 17.9 Å². The SMILES string of the molecule is CCc1nnc(C)cc1C(=O)NC(CC)c1ncc[nH]1. The number of H-pyrrole nitrogens is 1. The minimum atomic E-state index is -0.136. The third-order valence-electron chi connectivity index (χ3n) is 3.14. The van der Waals surface area contributed by atoms with Gasteiger partial charge in [0.1, 0.15) is 5.82 Å². The molecule has 0 saturated carbocycles. The van der Waals surface area contributed by atoms with E-state index >= 15 is 0 Å². The van der Waals surface area contributed by atoms with Gasteiger partial charge >= 0.3 is 0 Å². The Hall–Kier alpha value is -2.24. The molecule has 0 spiro atoms. The van der Waals surface area contributed by atoms with Gasteiger partial charge in [0, 0.05) is 12.4 Å². The van der Waals surface area contributed by atoms with E-state index in [2.05, 4.69) is 25.5 Å². The summed E-state index contributed by atoms with van der Waals surface area (Å²) in [4.78, 5) is 19.6. The average Bonchev–Trinajstić information content (AvgIpc) is 2.98. The number of nitrogens with one attached hydrogen (secondary N) is 2. The topological polar surface area (TPSA) is 83.6 Å². The van der Waals surface area contributed by atoms with Gasteiger partial charge in [-0.15, -0.1) is 0 Å². The van der Waals surface area contributed by atoms with E-state index in [1.807, 2.05) is 20.8 Å². The van der Waals surface area contributed by atoms with Gasteiger partial charge in [-0.3, -0.25) is 4.79 Å². The summed E-state index contributed by atoms with van der Waals surface area (Å²) in [6.07, 6.45) is 4.87. The number of nitrogens with zero attached hydrogens (tertiary/aromatic N) is 3. The number of amides is 1. The molecule has 2 N–H and O–H groups in total. The molecule has 0 radical (unpaired) electrons. The van der Waals surface area contributed by atoms with Gasteiger partial charge in [0.25, 0.3) is 5.91 Å². The highest BCUT2D eigenvalue weighted by atomic mass is 16.1. The fraction of sp³-hybridized carbons (Fsp3) is 0.429. The summed E-state index contributed by atoms with van der Waals surface area (Å²) in [5, 5.41) is 11.1. The first kappa shape index (κ1) is 14.2. The Morgan fingerprint density at radius 2 is 2.20 bits per heavy atom. The molecule has 20 heavy (non-hydrogen) atoms. The number of rotatable bonds is 5. The van der Waals surface area contributed by atoms with Gasteiger partial charge < -0.3 is 10.3 Å². The first-order valence-electron chi connectivity index (χ1n) is 6.79. The molecular formula is C14H19N5O. The third kappa shape index (κ3) is 3.01. The molecular weight excluding hydrogens is 254 g/mol. The molecule has 6 heteroatoms. The Morgan fingerprint density at radius 1 is 1.40 bits per heavy atom. The average molecular weight is 273 g/mol. The van der Waals surface area contributed by atoms with E-state index < -0.39 is 0 Å². The summed E-state index contributed by atoms with van der Waals surface area (Å²) >= 11 is 0. The molecule has 1 amide bonds. The molecule has 0 aliphatic rings. The molecule has 2 heterocycles. The van der Waals surface area contributed by atoms with Gasteiger partial charge in [-0.05, 0) is 25.8 Å². The predicted octanol–water partition coefficient (Wildman–Crippen LogP) is 1.95. The molecule has 2 rings (SSSR count). The molecule has 0 aliphatic carbocycles. The van der Waals surface area contributed by atoms with Crippen molar-refractivity contribution in [3.8, 4) is 0 Å². The summed E-state index contributed by atoms with van der Waals surface area (Å²) in [7, 11) is 0. The number of hydrogen-bond donors (Lipinski definition) is 2. The van der Waals surface area contributed by atoms with Gasteiger partial charge in [-0.1, -0.05) is 13.8 Å². The van der Waals surface area contributed by atoms with Crippen molar-refractivity contribution in [2.45, 2.75) is 39.7 Å². The lowest BCUT2D eigenvalue weighted by molar-refractivity contribution is 0.0932. The number of carbonyl (C=O) groups excluding carboxylic acids is 1. The van der Waals surface area contributed by atoms with Crippen LogP contribution in [0.25, 0.3) is 0 Å². The molecule has 2 aromatic heterocycles. The number of aromatic nitrogens is 4. The van der Waals surface area contributed by atoms with Crippen molar-refractivity contribution in [1.82, 2.24) is 25.5 Å². The van der Waals surface area contributed by atoms with E-state index in [0.29, 0.717) is 17.7 Å². The van der Waals surface area contributed by atoms with Crippen LogP contribution in [0.3, 0.4) is 0 Å². The van der Waals surface area contributed by atoms with Crippen molar-refractivity contribution in [1.29, 1.82) is 0 Å². The summed E-state index contributed by atoms with van der Waals surface area (Å²) in [6, 6.07) is 1.64. The zero-order valence-corrected chi connectivity index (χ0v) is 12.0. The number of imidazole rings is 1. The quantitative estimate of drug-likeness (QED) is 0.872. The second kappa shape index (κ2) is 6.27. The standard InChI is InChI=1S/C14H19N5O/c1-4-11-10(8-9(3)18-19-11)14(20)17-12(5-2)13-15-6-7-16-13/h6-8,12H,4-5H2,1-3H3,(H,15,16)(H,17,20). The molecule has 0 aromatic carbocycles. The molecule has 0 aliphatic heterocycles. The van der Waals surface area contributed by atoms with Gasteiger partial charge in [-0.25, -0.2) is 4.98 Å². The van der Waals surface area contributed by atoms with Crippen LogP contribution < -0.4 is 5.32 Å². The number of aromatic amines is 1. The lowest BCUT2D eigenvalue weighted by Gasteiger charge is -2.15. The largest absolute Gasteiger partial charge is 0.347 e. The van der Waals surface area contributed by atoms with Crippen LogP contribution >= 0.6 is 0 Å². The molecule has 2 aromatic rings. The summed E-state index contributed by atoms with van der Waals surface area (Å²) in [5.41, 5.74) is 2.03. The third-order valence-corrected chi connectivity index (χ3v) is 3.14. The van der Waals surface area contributed by atoms with Crippen molar-refractivity contribution < 1.29 is 4.79 Å². The van der Waals surface area contributed by atoms with Crippen molar-refractivity contribution in [2.24, 2.45) is 0 Å². The fourth-order valence-corrected chi connectivity index (χ4v) is 2.04. The molecule has 1 unspecified atom stereocenters. The monoisotopic (exact) mass is 273 g/mol. The minimum absolute atomic E-state index is 0.129. The van der Waals surface area contributed by atoms with Crippen molar-refractivity contribution >= 4 is 5.91 Å². The van der Waals surface area contributed by atoms with Crippen LogP contribution in [0.4, 0.5) is 0 Å². The maximum Gasteiger partial charge on any atom is 0.253 e. The number of carbonyl (C=O) groups is 1. The number of hydrogen-bond acceptors (Lipinski definition) is 4. The lowest BCUT2D eigenvalue weighted by atomic mass is 10.1. The Balaban J connectivity index is 2.21. The zero-order valence-electron chi connectivity index (χ0n) is 12.0. The Kier molecular flexibility index (Phi) is 4.45. The first-order valence-corrected chi connectivity index (χ1v) is 6.79. The van der Waals surface area contributed by atoms with E-state index in [9.17, 15) is 4.79 Å². The fourth-order valence-electron chi connectivity index (χ4n) is 2.04. The van der Waals surface area contributed by atoms with Gasteiger partial charge in [-0.2, -0.15) is 10.2 Å². The normalized spacial score (nSPS) is 12.2. The molecule has 0 saturated heterocycles. The molecule has 0 fully saturated rings. The maximum absolute atomic E-state index is 12.4. The highest BCUT2D eigenvalue weighted by Crippen LogP contribution is 2.14. The van der Waals surface area contributed by atoms with Gasteiger partial charge in [0.2, 0.25) is 0 Å². The van der Waals surface area contributed by atoms with Crippen molar-refractivity contribution in [3.05, 3.63) is 41.2 Å². The highest BCUT2D eigenvalue weighted by Gasteiger charge is 2.18. The maximum atomic E-state index is 12.4. The van der Waals surface area contributed by atoms with Gasteiger partial charge in [0.15, 0.2) is 0 Å². The molecule has 1 atom stereocenters. The van der Waals surface area contributed by atoms with E-state index in [1.165, 1.54) is 0 Å². The smallest absolute Gasteiger partial charge is 0.253 e. The van der Waals surface area contributed by atoms with Crippen LogP contribution in [0.1, 0.15) is 53.9 Å². The molecule has 6 nitrogen and oxygen atoms in total. The highest BCUT2D eigenvalue weighted by molar-refractivity contribution is 5.95. The van der Waals surface area contributed by atoms with Crippen LogP contribution in [0.5, 0.6) is 0 Å². The van der Waals surface area contributed by atoms with Crippen LogP contribution in [-0.2, 0) is 6.42 Å². The Bertz CT molecular complexity index is 579. The predicted molar refractivity (Wildman–Crippen MR) is 75.2 cm³/mol. The van der Waals surface area contributed by atoms with Crippen LogP contribution in [0, 0.1) is 6.92 Å². The Labute approximate surface area is 118 Å². The van der Waals surface area contributed by atoms with Crippen LogP contribution in [0.2, 0.25) is 0 Å². The van der Waals surface area contributed by atoms with Crippen molar-refractivity contribution in [3.63, 3.8) is 0 Å².